The number of likely N-dealkylation sites (tertiary alicyclic amines) is 1. The fourth-order valence-electron chi connectivity index (χ4n) is 6.24. The number of fused-ring (bicyclic) bond motifs is 1. The zero-order valence-electron chi connectivity index (χ0n) is 23.3. The zero-order chi connectivity index (χ0) is 29.3. The summed E-state index contributed by atoms with van der Waals surface area (Å²) < 4.78 is 42.3. The molecule has 6 rings (SSSR count). The first kappa shape index (κ1) is 28.1. The second kappa shape index (κ2) is 11.3. The maximum absolute atomic E-state index is 13.5. The van der Waals surface area contributed by atoms with Crippen LogP contribution in [0.1, 0.15) is 50.3 Å². The van der Waals surface area contributed by atoms with Crippen molar-refractivity contribution in [2.24, 2.45) is 0 Å². The van der Waals surface area contributed by atoms with E-state index in [1.165, 1.54) is 6.33 Å². The van der Waals surface area contributed by atoms with Gasteiger partial charge in [0.15, 0.2) is 0 Å². The van der Waals surface area contributed by atoms with Gasteiger partial charge in [-0.15, -0.1) is 0 Å². The molecule has 220 valence electrons. The van der Waals surface area contributed by atoms with Crippen LogP contribution in [0.5, 0.6) is 0 Å². The molecule has 0 atom stereocenters. The monoisotopic (exact) mass is 578 g/mol. The van der Waals surface area contributed by atoms with Gasteiger partial charge < -0.3 is 20.5 Å². The number of nitrogens with zero attached hydrogens (tertiary/aromatic N) is 7. The smallest absolute Gasteiger partial charge is 0.367 e. The van der Waals surface area contributed by atoms with E-state index in [1.54, 1.807) is 12.3 Å². The van der Waals surface area contributed by atoms with Gasteiger partial charge >= 0.3 is 6.18 Å². The number of halogens is 3. The third kappa shape index (κ3) is 5.56. The Morgan fingerprint density at radius 3 is 2.74 bits per heavy atom. The lowest BCUT2D eigenvalue weighted by Crippen LogP contribution is -2.58. The number of nitrogens with one attached hydrogen (secondary N) is 3. The van der Waals surface area contributed by atoms with Gasteiger partial charge in [0.05, 0.1) is 29.9 Å². The van der Waals surface area contributed by atoms with Gasteiger partial charge in [-0.2, -0.15) is 23.5 Å². The number of aromatic amines is 1. The molecule has 0 radical (unpaired) electrons. The Hall–Kier alpha value is -4.02. The predicted molar refractivity (Wildman–Crippen MR) is 151 cm³/mol. The number of anilines is 1. The average Bonchev–Trinajstić information content (AvgIpc) is 3.64. The largest absolute Gasteiger partial charge is 0.433 e. The van der Waals surface area contributed by atoms with E-state index < -0.39 is 11.9 Å². The third-order valence-electron chi connectivity index (χ3n) is 8.49. The highest BCUT2D eigenvalue weighted by molar-refractivity contribution is 5.90. The summed E-state index contributed by atoms with van der Waals surface area (Å²) in [6.45, 7) is 4.59. The van der Waals surface area contributed by atoms with Crippen LogP contribution in [0.25, 0.3) is 22.3 Å². The van der Waals surface area contributed by atoms with Crippen molar-refractivity contribution in [3.05, 3.63) is 54.4 Å². The summed E-state index contributed by atoms with van der Waals surface area (Å²) in [5.74, 6) is 0.267. The Balaban J connectivity index is 1.09. The minimum Gasteiger partial charge on any atom is -0.367 e. The molecule has 1 saturated heterocycles. The van der Waals surface area contributed by atoms with E-state index in [-0.39, 0.29) is 17.4 Å². The van der Waals surface area contributed by atoms with Crippen LogP contribution in [0.3, 0.4) is 0 Å². The molecule has 13 heteroatoms. The number of hydrogen-bond donors (Lipinski definition) is 3. The molecular weight excluding hydrogens is 545 g/mol. The second-order valence-electron chi connectivity index (χ2n) is 11.2. The molecule has 2 aliphatic rings. The first-order valence-electron chi connectivity index (χ1n) is 14.3. The lowest BCUT2D eigenvalue weighted by atomic mass is 9.69. The molecule has 0 spiro atoms. The normalized spacial score (nSPS) is 21.7. The Labute approximate surface area is 241 Å². The van der Waals surface area contributed by atoms with Crippen LogP contribution in [-0.2, 0) is 18.3 Å². The number of aromatic nitrogens is 6. The lowest BCUT2D eigenvalue weighted by Gasteiger charge is -2.52. The second-order valence-corrected chi connectivity index (χ2v) is 11.2. The number of nitriles is 1. The number of H-pyrrole nitrogens is 1. The van der Waals surface area contributed by atoms with Crippen molar-refractivity contribution < 1.29 is 13.2 Å². The molecule has 0 unspecified atom stereocenters. The van der Waals surface area contributed by atoms with Crippen LogP contribution < -0.4 is 10.6 Å². The first-order chi connectivity index (χ1) is 20.3. The highest BCUT2D eigenvalue weighted by Gasteiger charge is 2.49. The van der Waals surface area contributed by atoms with Crippen LogP contribution in [0.4, 0.5) is 19.0 Å². The lowest BCUT2D eigenvalue weighted by molar-refractivity contribution is -0.141. The number of pyridine rings is 1. The van der Waals surface area contributed by atoms with Gasteiger partial charge in [-0.25, -0.2) is 15.0 Å². The van der Waals surface area contributed by atoms with Crippen molar-refractivity contribution in [3.63, 3.8) is 0 Å². The standard InChI is InChI=1S/C29H33F3N10/c1-2-34-15-19-11-24(29(30,31)32)40-25(12-19)39-21-4-9-41(10-5-21)22-13-28(14-22,6-7-33)42-17-20(16-38-42)26-23-3-8-35-27(23)37-18-36-26/h3,8,11-12,16-18,21-22,34H,2,4-6,9-10,13-15H2,1H3,(H,39,40)(H,35,36,37)/t22-,28-. The maximum atomic E-state index is 13.5. The van der Waals surface area contributed by atoms with E-state index in [4.69, 9.17) is 0 Å². The van der Waals surface area contributed by atoms with Gasteiger partial charge in [-0.05, 0) is 56.0 Å². The van der Waals surface area contributed by atoms with Crippen molar-refractivity contribution >= 4 is 16.9 Å². The summed E-state index contributed by atoms with van der Waals surface area (Å²) in [6.07, 6.45) is 6.22. The van der Waals surface area contributed by atoms with Crippen LogP contribution in [-0.4, -0.2) is 66.3 Å². The molecule has 1 aliphatic heterocycles. The molecule has 0 amide bonds. The molecule has 1 aliphatic carbocycles. The minimum atomic E-state index is -4.50. The quantitative estimate of drug-likeness (QED) is 0.261. The van der Waals surface area contributed by atoms with E-state index in [1.807, 2.05) is 30.1 Å². The molecule has 10 nitrogen and oxygen atoms in total. The summed E-state index contributed by atoms with van der Waals surface area (Å²) in [7, 11) is 0. The molecular formula is C29H33F3N10. The highest BCUT2D eigenvalue weighted by Crippen LogP contribution is 2.45. The van der Waals surface area contributed by atoms with Crippen LogP contribution in [0.2, 0.25) is 0 Å². The zero-order valence-corrected chi connectivity index (χ0v) is 23.3. The number of rotatable bonds is 9. The Bertz CT molecular complexity index is 1570. The van der Waals surface area contributed by atoms with E-state index in [0.29, 0.717) is 31.1 Å². The fraction of sp³-hybridized carbons (Fsp3) is 0.483. The summed E-state index contributed by atoms with van der Waals surface area (Å²) in [4.78, 5) is 18.1. The Morgan fingerprint density at radius 2 is 2.00 bits per heavy atom. The molecule has 2 fully saturated rings. The van der Waals surface area contributed by atoms with E-state index >= 15 is 0 Å². The molecule has 0 bridgehead atoms. The SMILES string of the molecule is CCNCc1cc(NC2CCN([C@H]3C[C@](CC#N)(n4cc(-c5ncnc6[nH]ccc56)cn4)C3)CC2)nc(C(F)(F)F)c1. The molecule has 5 heterocycles. The molecule has 1 saturated carbocycles. The van der Waals surface area contributed by atoms with Gasteiger partial charge in [0.25, 0.3) is 0 Å². The van der Waals surface area contributed by atoms with E-state index in [0.717, 1.165) is 67.1 Å². The van der Waals surface area contributed by atoms with Crippen molar-refractivity contribution in [3.8, 4) is 17.3 Å². The highest BCUT2D eigenvalue weighted by atomic mass is 19.4. The van der Waals surface area contributed by atoms with Crippen molar-refractivity contribution in [1.29, 1.82) is 5.26 Å². The predicted octanol–water partition coefficient (Wildman–Crippen LogP) is 4.69. The van der Waals surface area contributed by atoms with Gasteiger partial charge in [0, 0.05) is 55.1 Å². The van der Waals surface area contributed by atoms with E-state index in [2.05, 4.69) is 46.6 Å². The van der Waals surface area contributed by atoms with Crippen molar-refractivity contribution in [1.82, 2.24) is 39.9 Å². The summed E-state index contributed by atoms with van der Waals surface area (Å²) in [6, 6.07) is 7.48. The van der Waals surface area contributed by atoms with Gasteiger partial charge in [-0.1, -0.05) is 6.92 Å². The van der Waals surface area contributed by atoms with E-state index in [9.17, 15) is 18.4 Å². The third-order valence-corrected chi connectivity index (χ3v) is 8.49. The molecule has 4 aromatic heterocycles. The molecule has 3 N–H and O–H groups in total. The molecule has 42 heavy (non-hydrogen) atoms. The Kier molecular flexibility index (Phi) is 7.59. The van der Waals surface area contributed by atoms with Crippen molar-refractivity contribution in [2.75, 3.05) is 25.0 Å². The van der Waals surface area contributed by atoms with Crippen LogP contribution >= 0.6 is 0 Å². The molecule has 4 aromatic rings. The number of alkyl halides is 3. The Morgan fingerprint density at radius 1 is 1.19 bits per heavy atom. The average molecular weight is 579 g/mol. The number of hydrogen-bond acceptors (Lipinski definition) is 8. The first-order valence-corrected chi connectivity index (χ1v) is 14.3. The maximum Gasteiger partial charge on any atom is 0.433 e. The fourth-order valence-corrected chi connectivity index (χ4v) is 6.24. The summed E-state index contributed by atoms with van der Waals surface area (Å²) in [5.41, 5.74) is 1.75. The van der Waals surface area contributed by atoms with Crippen molar-refractivity contribution in [2.45, 2.75) is 69.4 Å². The summed E-state index contributed by atoms with van der Waals surface area (Å²) >= 11 is 0. The van der Waals surface area contributed by atoms with Crippen LogP contribution in [0.15, 0.2) is 43.1 Å². The van der Waals surface area contributed by atoms with Gasteiger partial charge in [-0.3, -0.25) is 4.68 Å². The minimum absolute atomic E-state index is 0.0416. The molecule has 0 aromatic carbocycles. The van der Waals surface area contributed by atoms with Crippen LogP contribution in [0, 0.1) is 11.3 Å². The van der Waals surface area contributed by atoms with Gasteiger partial charge in [0.2, 0.25) is 0 Å². The van der Waals surface area contributed by atoms with Gasteiger partial charge in [0.1, 0.15) is 23.5 Å². The number of piperidine rings is 1. The topological polar surface area (TPSA) is 123 Å². The summed E-state index contributed by atoms with van der Waals surface area (Å²) in [5, 5.41) is 21.6.